The summed E-state index contributed by atoms with van der Waals surface area (Å²) in [6.45, 7) is -4.27. The van der Waals surface area contributed by atoms with E-state index in [0.717, 1.165) is 38.1 Å². The molecule has 0 saturated carbocycles. The average Bonchev–Trinajstić information content (AvgIpc) is 3.13. The number of pyridine rings is 1. The van der Waals surface area contributed by atoms with E-state index in [1.54, 1.807) is 18.2 Å². The zero-order valence-electron chi connectivity index (χ0n) is 27.8. The number of aromatic amines is 1. The van der Waals surface area contributed by atoms with E-state index < -0.39 is 48.7 Å². The Morgan fingerprint density at radius 3 is 2.17 bits per heavy atom. The van der Waals surface area contributed by atoms with E-state index in [0.29, 0.717) is 17.7 Å². The quantitative estimate of drug-likeness (QED) is 0.0993. The highest BCUT2D eigenvalue weighted by atomic mass is 35.5. The number of fused-ring (bicyclic) bond motifs is 3. The number of aromatic nitrogens is 1. The van der Waals surface area contributed by atoms with Crippen molar-refractivity contribution < 1.29 is 55.5 Å². The van der Waals surface area contributed by atoms with E-state index in [9.17, 15) is 27.2 Å². The molecule has 0 spiro atoms. The van der Waals surface area contributed by atoms with E-state index in [2.05, 4.69) is 19.4 Å². The largest absolute Gasteiger partial charge is 0.454 e. The summed E-state index contributed by atoms with van der Waals surface area (Å²) in [5, 5.41) is 0.354. The number of carbonyl (C=O) groups is 2. The minimum atomic E-state index is -3.38. The number of H-pyrrole nitrogens is 1. The summed E-state index contributed by atoms with van der Waals surface area (Å²) in [6, 6.07) is 15.1. The summed E-state index contributed by atoms with van der Waals surface area (Å²) in [5.41, 5.74) is 1.04. The lowest BCUT2D eigenvalue weighted by Crippen LogP contribution is -2.53. The van der Waals surface area contributed by atoms with Gasteiger partial charge in [0.05, 0.1) is 17.8 Å². The molecule has 2 atom stereocenters. The zero-order valence-corrected chi connectivity index (χ0v) is 29.3. The van der Waals surface area contributed by atoms with Gasteiger partial charge in [0.15, 0.2) is 23.9 Å². The number of piperidine rings is 3. The lowest BCUT2D eigenvalue weighted by molar-refractivity contribution is -0.377. The van der Waals surface area contributed by atoms with Crippen LogP contribution in [-0.4, -0.2) is 55.9 Å². The van der Waals surface area contributed by atoms with Gasteiger partial charge in [-0.1, -0.05) is 53.5 Å². The van der Waals surface area contributed by atoms with Crippen molar-refractivity contribution in [3.63, 3.8) is 0 Å². The summed E-state index contributed by atoms with van der Waals surface area (Å²) in [5.74, 6) is -2.61. The second-order valence-electron chi connectivity index (χ2n) is 12.5. The first-order chi connectivity index (χ1) is 25.4. The number of ether oxygens (including phenoxy) is 4. The van der Waals surface area contributed by atoms with Crippen molar-refractivity contribution in [2.24, 2.45) is 5.92 Å². The van der Waals surface area contributed by atoms with Gasteiger partial charge in [0.25, 0.3) is 0 Å². The Balaban J connectivity index is 1.23. The fourth-order valence-electron chi connectivity index (χ4n) is 6.47. The second-order valence-corrected chi connectivity index (χ2v) is 13.3. The molecule has 53 heavy (non-hydrogen) atoms. The summed E-state index contributed by atoms with van der Waals surface area (Å²) in [6.07, 6.45) is 2.31. The molecule has 16 heteroatoms. The number of halogens is 7. The van der Waals surface area contributed by atoms with Crippen molar-refractivity contribution >= 4 is 41.0 Å². The SMILES string of the molecule is O=C(O[C@@H](Cc1c(Cl)c[nH+]cc1Cl)c1ccc(OC(F)F)c(OC(F)F)c1)c1ccc(CN(C(=O)O[C@H]2CN3CCC2CC3)c2ccccc2F)cc1. The maximum absolute atomic E-state index is 15.0. The molecule has 9 nitrogen and oxygen atoms in total. The van der Waals surface area contributed by atoms with Crippen LogP contribution in [0.3, 0.4) is 0 Å². The highest BCUT2D eigenvalue weighted by molar-refractivity contribution is 6.35. The molecular weight excluding hydrogens is 748 g/mol. The van der Waals surface area contributed by atoms with Crippen LogP contribution in [0.1, 0.15) is 46.0 Å². The Hall–Kier alpha value is -4.66. The Morgan fingerprint density at radius 1 is 0.887 bits per heavy atom. The molecule has 0 radical (unpaired) electrons. The number of esters is 1. The van der Waals surface area contributed by atoms with Crippen molar-refractivity contribution in [3.05, 3.63) is 117 Å². The van der Waals surface area contributed by atoms with Gasteiger partial charge in [-0.2, -0.15) is 17.6 Å². The number of alkyl halides is 4. The highest BCUT2D eigenvalue weighted by Gasteiger charge is 2.38. The van der Waals surface area contributed by atoms with Crippen molar-refractivity contribution in [2.75, 3.05) is 24.5 Å². The third kappa shape index (κ3) is 9.48. The number of rotatable bonds is 13. The molecule has 2 bridgehead atoms. The van der Waals surface area contributed by atoms with Gasteiger partial charge in [0.2, 0.25) is 0 Å². The monoisotopic (exact) mass is 780 g/mol. The normalized spacial score (nSPS) is 18.5. The van der Waals surface area contributed by atoms with Gasteiger partial charge >= 0.3 is 25.3 Å². The number of benzene rings is 3. The van der Waals surface area contributed by atoms with E-state index in [1.807, 2.05) is 0 Å². The molecule has 4 aromatic rings. The van der Waals surface area contributed by atoms with Gasteiger partial charge < -0.3 is 18.9 Å². The standard InChI is InChI=1S/C37H32Cl2F5N3O6/c38-26-17-45-18-27(39)25(26)16-31(24-9-10-30(51-35(41)42)32(15-24)52-36(43)44)50-34(48)23-7-5-21(6-8-23)19-47(29-4-2-1-3-28(29)40)37(49)53-33-20-46-13-11-22(33)12-14-46/h1-10,15,17-18,22,31,33,35-36H,11-14,16,19-20H2/p+1/t31-,33-/m0/s1. The molecule has 1 aromatic heterocycles. The van der Waals surface area contributed by atoms with Crippen LogP contribution in [0.2, 0.25) is 10.0 Å². The molecule has 3 aromatic carbocycles. The van der Waals surface area contributed by atoms with Crippen LogP contribution < -0.4 is 19.4 Å². The highest BCUT2D eigenvalue weighted by Crippen LogP contribution is 2.37. The van der Waals surface area contributed by atoms with E-state index in [-0.39, 0.29) is 51.8 Å². The summed E-state index contributed by atoms with van der Waals surface area (Å²) >= 11 is 12.7. The van der Waals surface area contributed by atoms with Crippen molar-refractivity contribution in [1.29, 1.82) is 0 Å². The minimum absolute atomic E-state index is 0.0288. The first-order valence-electron chi connectivity index (χ1n) is 16.6. The summed E-state index contributed by atoms with van der Waals surface area (Å²) in [7, 11) is 0. The topological polar surface area (TPSA) is 91.7 Å². The van der Waals surface area contributed by atoms with Crippen molar-refractivity contribution in [3.8, 4) is 11.5 Å². The molecule has 7 rings (SSSR count). The van der Waals surface area contributed by atoms with Crippen molar-refractivity contribution in [2.45, 2.75) is 51.2 Å². The Morgan fingerprint density at radius 2 is 1.55 bits per heavy atom. The molecule has 1 amide bonds. The lowest BCUT2D eigenvalue weighted by Gasteiger charge is -2.44. The molecule has 3 fully saturated rings. The predicted octanol–water partition coefficient (Wildman–Crippen LogP) is 8.53. The third-order valence-corrected chi connectivity index (χ3v) is 9.82. The smallest absolute Gasteiger partial charge is 0.415 e. The maximum atomic E-state index is 15.0. The van der Waals surface area contributed by atoms with Crippen LogP contribution in [0.5, 0.6) is 11.5 Å². The fourth-order valence-corrected chi connectivity index (χ4v) is 7.01. The molecule has 0 unspecified atom stereocenters. The molecule has 1 N–H and O–H groups in total. The van der Waals surface area contributed by atoms with E-state index >= 15 is 4.39 Å². The number of nitrogens with one attached hydrogen (secondary N) is 1. The first-order valence-corrected chi connectivity index (χ1v) is 17.3. The average molecular weight is 782 g/mol. The van der Waals surface area contributed by atoms with Gasteiger partial charge in [-0.25, -0.2) is 19.0 Å². The van der Waals surface area contributed by atoms with Gasteiger partial charge in [-0.3, -0.25) is 9.80 Å². The maximum Gasteiger partial charge on any atom is 0.415 e. The molecular formula is C37H33Cl2F5N3O6+. The van der Waals surface area contributed by atoms with Crippen molar-refractivity contribution in [1.82, 2.24) is 4.90 Å². The number of hydrogen-bond donors (Lipinski definition) is 0. The minimum Gasteiger partial charge on any atom is -0.454 e. The predicted molar refractivity (Wildman–Crippen MR) is 183 cm³/mol. The second kappa shape index (κ2) is 17.0. The van der Waals surface area contributed by atoms with E-state index in [4.69, 9.17) is 32.7 Å². The van der Waals surface area contributed by atoms with Crippen LogP contribution in [0.15, 0.2) is 79.1 Å². The third-order valence-electron chi connectivity index (χ3n) is 9.15. The summed E-state index contributed by atoms with van der Waals surface area (Å²) in [4.78, 5) is 33.3. The molecule has 280 valence electrons. The van der Waals surface area contributed by atoms with Gasteiger partial charge in [0.1, 0.15) is 28.1 Å². The molecule has 3 saturated heterocycles. The van der Waals surface area contributed by atoms with E-state index in [1.165, 1.54) is 53.7 Å². The molecule has 4 heterocycles. The molecule has 3 aliphatic rings. The van der Waals surface area contributed by atoms with Crippen LogP contribution in [0.4, 0.5) is 32.4 Å². The Labute approximate surface area is 311 Å². The summed E-state index contributed by atoms with van der Waals surface area (Å²) < 4.78 is 88.0. The van der Waals surface area contributed by atoms with Crippen LogP contribution >= 0.6 is 23.2 Å². The van der Waals surface area contributed by atoms with Crippen LogP contribution in [-0.2, 0) is 22.4 Å². The Bertz CT molecular complexity index is 1900. The number of nitrogens with zero attached hydrogens (tertiary/aromatic N) is 2. The van der Waals surface area contributed by atoms with Gasteiger partial charge in [0, 0.05) is 18.5 Å². The molecule has 3 aliphatic heterocycles. The van der Waals surface area contributed by atoms with Crippen LogP contribution in [0, 0.1) is 11.7 Å². The zero-order chi connectivity index (χ0) is 37.6. The number of hydrogen-bond acceptors (Lipinski definition) is 7. The number of carbonyl (C=O) groups excluding carboxylic acids is 2. The van der Waals surface area contributed by atoms with Crippen LogP contribution in [0.25, 0.3) is 0 Å². The Kier molecular flexibility index (Phi) is 12.2. The number of anilines is 1. The first kappa shape index (κ1) is 38.1. The van der Waals surface area contributed by atoms with Gasteiger partial charge in [-0.15, -0.1) is 0 Å². The fraction of sp³-hybridized carbons (Fsp3) is 0.324. The number of amides is 1. The lowest BCUT2D eigenvalue weighted by atomic mass is 9.86. The van der Waals surface area contributed by atoms with Gasteiger partial charge in [-0.05, 0) is 79.4 Å². The molecule has 0 aliphatic carbocycles. The number of para-hydroxylation sites is 1.